The van der Waals surface area contributed by atoms with E-state index >= 15 is 0 Å². The fourth-order valence-corrected chi connectivity index (χ4v) is 0.378. The molecule has 0 aliphatic carbocycles. The first-order chi connectivity index (χ1) is 6.45. The molecule has 0 bridgehead atoms. The van der Waals surface area contributed by atoms with Gasteiger partial charge < -0.3 is 0 Å². The molecule has 94 valence electrons. The minimum absolute atomic E-state index is 0.229. The minimum Gasteiger partial charge on any atom is -0.234 e. The van der Waals surface area contributed by atoms with Crippen molar-refractivity contribution in [2.24, 2.45) is 0 Å². The molecular weight excluding hydrogens is 243 g/mol. The van der Waals surface area contributed by atoms with Crippen LogP contribution in [-0.2, 0) is 19.7 Å². The lowest BCUT2D eigenvalue weighted by atomic mass is 10.6. The summed E-state index contributed by atoms with van der Waals surface area (Å²) < 4.78 is 52.7. The van der Waals surface area contributed by atoms with Crippen LogP contribution in [0.3, 0.4) is 0 Å². The van der Waals surface area contributed by atoms with Crippen molar-refractivity contribution in [1.29, 1.82) is 0 Å². The van der Waals surface area contributed by atoms with E-state index in [4.69, 9.17) is 0 Å². The van der Waals surface area contributed by atoms with Crippen molar-refractivity contribution in [3.05, 3.63) is 0 Å². The molecule has 0 spiro atoms. The van der Waals surface area contributed by atoms with Gasteiger partial charge in [0.15, 0.2) is 15.8 Å². The van der Waals surface area contributed by atoms with E-state index < -0.39 is 30.9 Å². The molecular formula is C8H19FO4S2. The van der Waals surface area contributed by atoms with Crippen molar-refractivity contribution in [2.45, 2.75) is 38.2 Å². The van der Waals surface area contributed by atoms with Gasteiger partial charge in [0.05, 0.1) is 10.5 Å². The number of rotatable bonds is 3. The smallest absolute Gasteiger partial charge is 0.191 e. The molecule has 0 aliphatic rings. The van der Waals surface area contributed by atoms with Gasteiger partial charge in [0, 0.05) is 6.26 Å². The molecule has 0 saturated carbocycles. The van der Waals surface area contributed by atoms with E-state index in [0.717, 1.165) is 0 Å². The summed E-state index contributed by atoms with van der Waals surface area (Å²) in [4.78, 5) is 0. The number of alkyl halides is 1. The van der Waals surface area contributed by atoms with Crippen LogP contribution in [0.15, 0.2) is 0 Å². The van der Waals surface area contributed by atoms with Crippen LogP contribution in [0.25, 0.3) is 0 Å². The second-order valence-corrected chi connectivity index (χ2v) is 8.79. The summed E-state index contributed by atoms with van der Waals surface area (Å²) in [5.74, 6) is 0. The summed E-state index contributed by atoms with van der Waals surface area (Å²) >= 11 is 0. The summed E-state index contributed by atoms with van der Waals surface area (Å²) in [5.41, 5.74) is 0. The maximum Gasteiger partial charge on any atom is 0.191 e. The van der Waals surface area contributed by atoms with Crippen molar-refractivity contribution in [3.63, 3.8) is 0 Å². The second-order valence-electron chi connectivity index (χ2n) is 3.70. The zero-order valence-electron chi connectivity index (χ0n) is 9.69. The maximum atomic E-state index is 11.4. The second kappa shape index (κ2) is 6.42. The Kier molecular flexibility index (Phi) is 7.38. The lowest BCUT2D eigenvalue weighted by Gasteiger charge is -1.99. The van der Waals surface area contributed by atoms with E-state index in [2.05, 4.69) is 0 Å². The summed E-state index contributed by atoms with van der Waals surface area (Å²) in [5, 5.41) is -0.819. The highest BCUT2D eigenvalue weighted by molar-refractivity contribution is 7.91. The molecule has 0 aromatic rings. The molecule has 0 radical (unpaired) electrons. The predicted molar refractivity (Wildman–Crippen MR) is 60.0 cm³/mol. The van der Waals surface area contributed by atoms with E-state index in [1.54, 1.807) is 13.8 Å². The SMILES string of the molecule is CC(C)S(=O)(=O)CF.CC(C)S(C)(=O)=O. The van der Waals surface area contributed by atoms with Crippen LogP contribution in [0.1, 0.15) is 27.7 Å². The number of hydrogen-bond acceptors (Lipinski definition) is 4. The average Bonchev–Trinajstić information content (AvgIpc) is 2.03. The third kappa shape index (κ3) is 8.80. The molecule has 0 heterocycles. The van der Waals surface area contributed by atoms with Crippen LogP contribution in [0, 0.1) is 0 Å². The van der Waals surface area contributed by atoms with Gasteiger partial charge in [0.1, 0.15) is 9.84 Å². The Morgan fingerprint density at radius 3 is 1.20 bits per heavy atom. The first-order valence-electron chi connectivity index (χ1n) is 4.41. The molecule has 0 fully saturated rings. The summed E-state index contributed by atoms with van der Waals surface area (Å²) in [7, 11) is -6.14. The van der Waals surface area contributed by atoms with E-state index in [-0.39, 0.29) is 5.25 Å². The van der Waals surface area contributed by atoms with Crippen LogP contribution in [0.5, 0.6) is 0 Å². The molecule has 0 atom stereocenters. The lowest BCUT2D eigenvalue weighted by molar-refractivity contribution is 0.528. The van der Waals surface area contributed by atoms with Gasteiger partial charge in [-0.2, -0.15) is 0 Å². The van der Waals surface area contributed by atoms with E-state index in [0.29, 0.717) is 0 Å². The van der Waals surface area contributed by atoms with Gasteiger partial charge in [0.2, 0.25) is 0 Å². The van der Waals surface area contributed by atoms with E-state index in [1.165, 1.54) is 20.1 Å². The van der Waals surface area contributed by atoms with E-state index in [1.807, 2.05) is 0 Å². The Morgan fingerprint density at radius 1 is 0.933 bits per heavy atom. The third-order valence-corrected chi connectivity index (χ3v) is 5.18. The van der Waals surface area contributed by atoms with Gasteiger partial charge in [-0.05, 0) is 27.7 Å². The Balaban J connectivity index is 0. The molecule has 0 amide bonds. The standard InChI is InChI=1S/C4H9FO2S.C4H10O2S/c1-4(2)8(6,7)3-5;1-4(2)7(3,5)6/h4H,3H2,1-2H3;4H,1-3H3. The Labute approximate surface area is 91.7 Å². The highest BCUT2D eigenvalue weighted by Gasteiger charge is 2.13. The molecule has 0 aromatic carbocycles. The normalized spacial score (nSPS) is 12.5. The average molecular weight is 262 g/mol. The first-order valence-corrected chi connectivity index (χ1v) is 8.08. The van der Waals surface area contributed by atoms with E-state index in [9.17, 15) is 21.2 Å². The summed E-state index contributed by atoms with van der Waals surface area (Å²) in [6.07, 6.45) is 1.23. The number of halogens is 1. The lowest BCUT2D eigenvalue weighted by Crippen LogP contribution is -2.14. The third-order valence-electron chi connectivity index (χ3n) is 1.73. The topological polar surface area (TPSA) is 68.3 Å². The van der Waals surface area contributed by atoms with Crippen LogP contribution in [0.4, 0.5) is 4.39 Å². The molecule has 15 heavy (non-hydrogen) atoms. The van der Waals surface area contributed by atoms with Crippen LogP contribution < -0.4 is 0 Å². The molecule has 0 saturated heterocycles. The molecule has 0 N–H and O–H groups in total. The molecule has 0 unspecified atom stereocenters. The fraction of sp³-hybridized carbons (Fsp3) is 1.00. The maximum absolute atomic E-state index is 11.4. The van der Waals surface area contributed by atoms with Crippen molar-refractivity contribution in [3.8, 4) is 0 Å². The largest absolute Gasteiger partial charge is 0.234 e. The monoisotopic (exact) mass is 262 g/mol. The zero-order chi connectivity index (χ0) is 12.9. The minimum atomic E-state index is -3.40. The summed E-state index contributed by atoms with van der Waals surface area (Å²) in [6, 6.07) is -1.25. The van der Waals surface area contributed by atoms with Crippen molar-refractivity contribution >= 4 is 19.7 Å². The number of sulfone groups is 2. The first kappa shape index (κ1) is 17.2. The van der Waals surface area contributed by atoms with Gasteiger partial charge in [-0.1, -0.05) is 0 Å². The van der Waals surface area contributed by atoms with Crippen molar-refractivity contribution in [2.75, 3.05) is 12.3 Å². The summed E-state index contributed by atoms with van der Waals surface area (Å²) in [6.45, 7) is 6.23. The highest BCUT2D eigenvalue weighted by atomic mass is 32.2. The van der Waals surface area contributed by atoms with Gasteiger partial charge in [0.25, 0.3) is 0 Å². The Morgan fingerprint density at radius 2 is 1.20 bits per heavy atom. The van der Waals surface area contributed by atoms with Crippen molar-refractivity contribution in [1.82, 2.24) is 0 Å². The van der Waals surface area contributed by atoms with Crippen LogP contribution in [-0.4, -0.2) is 39.6 Å². The molecule has 0 rings (SSSR count). The molecule has 0 aromatic heterocycles. The van der Waals surface area contributed by atoms with Crippen LogP contribution in [0.2, 0.25) is 0 Å². The Hall–Kier alpha value is -0.170. The van der Waals surface area contributed by atoms with Gasteiger partial charge in [-0.15, -0.1) is 0 Å². The fourth-order valence-electron chi connectivity index (χ4n) is 0.126. The van der Waals surface area contributed by atoms with Gasteiger partial charge in [-0.3, -0.25) is 0 Å². The Bertz CT molecular complexity index is 354. The van der Waals surface area contributed by atoms with Crippen molar-refractivity contribution < 1.29 is 21.2 Å². The quantitative estimate of drug-likeness (QED) is 0.766. The van der Waals surface area contributed by atoms with Crippen LogP contribution >= 0.6 is 0 Å². The van der Waals surface area contributed by atoms with Gasteiger partial charge >= 0.3 is 0 Å². The highest BCUT2D eigenvalue weighted by Crippen LogP contribution is 1.99. The van der Waals surface area contributed by atoms with Gasteiger partial charge in [-0.25, -0.2) is 21.2 Å². The molecule has 4 nitrogen and oxygen atoms in total. The number of hydrogen-bond donors (Lipinski definition) is 0. The predicted octanol–water partition coefficient (Wildman–Crippen LogP) is 1.18. The zero-order valence-corrected chi connectivity index (χ0v) is 11.3. The molecule has 0 aliphatic heterocycles. The molecule has 7 heteroatoms.